The van der Waals surface area contributed by atoms with Crippen LogP contribution in [0, 0.1) is 11.3 Å². The highest BCUT2D eigenvalue weighted by Crippen LogP contribution is 2.20. The summed E-state index contributed by atoms with van der Waals surface area (Å²) >= 11 is 0. The number of para-hydroxylation sites is 1. The molecule has 0 aliphatic carbocycles. The summed E-state index contributed by atoms with van der Waals surface area (Å²) in [6, 6.07) is 11.6. The second-order valence-electron chi connectivity index (χ2n) is 3.48. The van der Waals surface area contributed by atoms with E-state index in [1.165, 1.54) is 6.20 Å². The van der Waals surface area contributed by atoms with Gasteiger partial charge in [-0.05, 0) is 12.1 Å². The normalized spacial score (nSPS) is 9.65. The number of nitriles is 1. The molecule has 0 aliphatic rings. The molecule has 84 valence electrons. The Bertz CT molecular complexity index is 559. The molecule has 0 fully saturated rings. The predicted octanol–water partition coefficient (Wildman–Crippen LogP) is 1.70. The zero-order chi connectivity index (χ0) is 12.3. The third-order valence-corrected chi connectivity index (χ3v) is 2.37. The number of nitrogens with two attached hydrogens (primary N) is 1. The zero-order valence-electron chi connectivity index (χ0n) is 9.33. The molecule has 17 heavy (non-hydrogen) atoms. The topological polar surface area (TPSA) is 78.8 Å². The van der Waals surface area contributed by atoms with E-state index >= 15 is 0 Å². The molecule has 5 nitrogen and oxygen atoms in total. The average molecular weight is 225 g/mol. The Kier molecular flexibility index (Phi) is 2.88. The summed E-state index contributed by atoms with van der Waals surface area (Å²) in [5.74, 6) is 0.660. The summed E-state index contributed by atoms with van der Waals surface area (Å²) in [4.78, 5) is 9.99. The van der Waals surface area contributed by atoms with Crippen LogP contribution in [0.1, 0.15) is 5.56 Å². The molecule has 5 heteroatoms. The van der Waals surface area contributed by atoms with Gasteiger partial charge in [-0.2, -0.15) is 10.2 Å². The standard InChI is InChI=1S/C12H11N5/c1-17(10-5-3-2-4-6-10)12-15-8-9(7-13)11(14)16-12/h2-6,8H,1H3,(H2,14,15,16). The molecule has 0 bridgehead atoms. The van der Waals surface area contributed by atoms with Crippen molar-refractivity contribution in [2.45, 2.75) is 0 Å². The van der Waals surface area contributed by atoms with E-state index in [0.29, 0.717) is 5.95 Å². The lowest BCUT2D eigenvalue weighted by Gasteiger charge is -2.17. The van der Waals surface area contributed by atoms with Gasteiger partial charge in [0.15, 0.2) is 0 Å². The minimum Gasteiger partial charge on any atom is -0.382 e. The predicted molar refractivity (Wildman–Crippen MR) is 65.7 cm³/mol. The van der Waals surface area contributed by atoms with Crippen LogP contribution in [0.15, 0.2) is 36.5 Å². The number of nitrogens with zero attached hydrogens (tertiary/aromatic N) is 4. The monoisotopic (exact) mass is 225 g/mol. The number of hydrogen-bond acceptors (Lipinski definition) is 5. The van der Waals surface area contributed by atoms with Gasteiger partial charge in [-0.3, -0.25) is 0 Å². The Morgan fingerprint density at radius 3 is 2.59 bits per heavy atom. The van der Waals surface area contributed by atoms with Crippen LogP contribution >= 0.6 is 0 Å². The second-order valence-corrected chi connectivity index (χ2v) is 3.48. The quantitative estimate of drug-likeness (QED) is 0.841. The number of hydrogen-bond donors (Lipinski definition) is 1. The molecule has 0 radical (unpaired) electrons. The molecule has 0 amide bonds. The molecule has 0 atom stereocenters. The van der Waals surface area contributed by atoms with Crippen molar-refractivity contribution in [3.8, 4) is 6.07 Å². The van der Waals surface area contributed by atoms with Crippen molar-refractivity contribution in [1.29, 1.82) is 5.26 Å². The van der Waals surface area contributed by atoms with Crippen LogP contribution in [0.25, 0.3) is 0 Å². The lowest BCUT2D eigenvalue weighted by molar-refractivity contribution is 1.04. The van der Waals surface area contributed by atoms with Crippen molar-refractivity contribution in [2.75, 3.05) is 17.7 Å². The van der Waals surface area contributed by atoms with Gasteiger partial charge in [0, 0.05) is 12.7 Å². The van der Waals surface area contributed by atoms with Crippen LogP contribution in [-0.2, 0) is 0 Å². The molecule has 1 heterocycles. The molecule has 1 aromatic heterocycles. The molecular formula is C12H11N5. The van der Waals surface area contributed by atoms with E-state index in [-0.39, 0.29) is 11.4 Å². The van der Waals surface area contributed by atoms with Gasteiger partial charge in [0.25, 0.3) is 0 Å². The van der Waals surface area contributed by atoms with Gasteiger partial charge >= 0.3 is 0 Å². The van der Waals surface area contributed by atoms with Crippen LogP contribution in [0.3, 0.4) is 0 Å². The maximum Gasteiger partial charge on any atom is 0.231 e. The largest absolute Gasteiger partial charge is 0.382 e. The minimum absolute atomic E-state index is 0.195. The summed E-state index contributed by atoms with van der Waals surface area (Å²) in [5, 5.41) is 8.74. The van der Waals surface area contributed by atoms with Gasteiger partial charge in [-0.25, -0.2) is 4.98 Å². The molecule has 0 spiro atoms. The highest BCUT2D eigenvalue weighted by Gasteiger charge is 2.09. The Morgan fingerprint density at radius 1 is 1.29 bits per heavy atom. The minimum atomic E-state index is 0.195. The molecule has 2 N–H and O–H groups in total. The fraction of sp³-hybridized carbons (Fsp3) is 0.0833. The maximum absolute atomic E-state index is 8.74. The third-order valence-electron chi connectivity index (χ3n) is 2.37. The number of nitrogen functional groups attached to an aromatic ring is 1. The summed E-state index contributed by atoms with van der Waals surface area (Å²) in [6.45, 7) is 0. The molecule has 0 saturated carbocycles. The molecule has 2 aromatic rings. The van der Waals surface area contributed by atoms with Crippen molar-refractivity contribution in [3.05, 3.63) is 42.1 Å². The van der Waals surface area contributed by atoms with Gasteiger partial charge in [0.1, 0.15) is 17.5 Å². The van der Waals surface area contributed by atoms with Crippen LogP contribution in [0.4, 0.5) is 17.5 Å². The van der Waals surface area contributed by atoms with Crippen molar-refractivity contribution in [3.63, 3.8) is 0 Å². The van der Waals surface area contributed by atoms with Gasteiger partial charge in [-0.15, -0.1) is 0 Å². The van der Waals surface area contributed by atoms with Crippen molar-refractivity contribution in [2.24, 2.45) is 0 Å². The summed E-state index contributed by atoms with van der Waals surface area (Å²) in [7, 11) is 1.84. The van der Waals surface area contributed by atoms with Gasteiger partial charge in [0.2, 0.25) is 5.95 Å². The summed E-state index contributed by atoms with van der Waals surface area (Å²) in [6.07, 6.45) is 1.43. The van der Waals surface area contributed by atoms with E-state index in [1.54, 1.807) is 4.90 Å². The lowest BCUT2D eigenvalue weighted by Crippen LogP contribution is -2.14. The van der Waals surface area contributed by atoms with Crippen LogP contribution < -0.4 is 10.6 Å². The molecule has 0 aliphatic heterocycles. The van der Waals surface area contributed by atoms with E-state index in [0.717, 1.165) is 5.69 Å². The fourth-order valence-electron chi connectivity index (χ4n) is 1.40. The first-order chi connectivity index (χ1) is 8.22. The van der Waals surface area contributed by atoms with E-state index < -0.39 is 0 Å². The first-order valence-corrected chi connectivity index (χ1v) is 5.04. The highest BCUT2D eigenvalue weighted by atomic mass is 15.2. The highest BCUT2D eigenvalue weighted by molar-refractivity contribution is 5.58. The van der Waals surface area contributed by atoms with Crippen molar-refractivity contribution < 1.29 is 0 Å². The number of anilines is 3. The number of rotatable bonds is 2. The lowest BCUT2D eigenvalue weighted by atomic mass is 10.3. The SMILES string of the molecule is CN(c1ccccc1)c1ncc(C#N)c(N)n1. The first-order valence-electron chi connectivity index (χ1n) is 5.04. The molecule has 2 rings (SSSR count). The van der Waals surface area contributed by atoms with Gasteiger partial charge < -0.3 is 10.6 Å². The van der Waals surface area contributed by atoms with E-state index in [4.69, 9.17) is 11.0 Å². The number of benzene rings is 1. The van der Waals surface area contributed by atoms with Crippen molar-refractivity contribution in [1.82, 2.24) is 9.97 Å². The van der Waals surface area contributed by atoms with Gasteiger partial charge in [0.05, 0.1) is 6.20 Å². The van der Waals surface area contributed by atoms with E-state index in [2.05, 4.69) is 9.97 Å². The third kappa shape index (κ3) is 2.16. The van der Waals surface area contributed by atoms with Crippen LogP contribution in [0.2, 0.25) is 0 Å². The smallest absolute Gasteiger partial charge is 0.231 e. The molecule has 1 aromatic carbocycles. The van der Waals surface area contributed by atoms with Crippen LogP contribution in [0.5, 0.6) is 0 Å². The zero-order valence-corrected chi connectivity index (χ0v) is 9.33. The van der Waals surface area contributed by atoms with E-state index in [9.17, 15) is 0 Å². The van der Waals surface area contributed by atoms with Crippen LogP contribution in [-0.4, -0.2) is 17.0 Å². The molecule has 0 unspecified atom stereocenters. The Morgan fingerprint density at radius 2 is 2.00 bits per heavy atom. The van der Waals surface area contributed by atoms with E-state index in [1.807, 2.05) is 43.4 Å². The Hall–Kier alpha value is -2.61. The average Bonchev–Trinajstić information content (AvgIpc) is 2.39. The molecular weight excluding hydrogens is 214 g/mol. The van der Waals surface area contributed by atoms with Crippen molar-refractivity contribution >= 4 is 17.5 Å². The summed E-state index contributed by atoms with van der Waals surface area (Å²) in [5.41, 5.74) is 6.89. The second kappa shape index (κ2) is 4.49. The number of aromatic nitrogens is 2. The Balaban J connectivity index is 2.36. The molecule has 0 saturated heterocycles. The maximum atomic E-state index is 8.74. The van der Waals surface area contributed by atoms with Gasteiger partial charge in [-0.1, -0.05) is 18.2 Å². The Labute approximate surface area is 99.1 Å². The first kappa shape index (κ1) is 10.9. The summed E-state index contributed by atoms with van der Waals surface area (Å²) < 4.78 is 0. The fourth-order valence-corrected chi connectivity index (χ4v) is 1.40.